The number of likely N-dealkylation sites (N-methyl/N-ethyl adjacent to an activating group) is 1. The van der Waals surface area contributed by atoms with Crippen LogP contribution in [0.2, 0.25) is 0 Å². The van der Waals surface area contributed by atoms with Crippen LogP contribution in [-0.2, 0) is 14.4 Å². The van der Waals surface area contributed by atoms with Crippen molar-refractivity contribution in [1.29, 1.82) is 0 Å². The van der Waals surface area contributed by atoms with Gasteiger partial charge >= 0.3 is 0 Å². The van der Waals surface area contributed by atoms with Gasteiger partial charge < -0.3 is 4.79 Å². The molecule has 92 valence electrons. The molecule has 0 unspecified atom stereocenters. The predicted molar refractivity (Wildman–Crippen MR) is 64.4 cm³/mol. The third-order valence-corrected chi connectivity index (χ3v) is 2.69. The fraction of sp³-hybridized carbons (Fsp3) is 0.385. The molecule has 0 N–H and O–H groups in total. The maximum absolute atomic E-state index is 12.0. The Morgan fingerprint density at radius 1 is 1.41 bits per heavy atom. The molecular formula is C13H17NO3. The van der Waals surface area contributed by atoms with E-state index in [1.165, 1.54) is 14.2 Å². The first kappa shape index (κ1) is 13.4. The highest BCUT2D eigenvalue weighted by Gasteiger charge is 2.23. The van der Waals surface area contributed by atoms with Gasteiger partial charge in [0.15, 0.2) is 0 Å². The quantitative estimate of drug-likeness (QED) is 0.576. The smallest absolute Gasteiger partial charge is 0.253 e. The summed E-state index contributed by atoms with van der Waals surface area (Å²) < 4.78 is 0. The van der Waals surface area contributed by atoms with Crippen molar-refractivity contribution >= 4 is 12.2 Å². The summed E-state index contributed by atoms with van der Waals surface area (Å²) in [7, 11) is 2.96. The van der Waals surface area contributed by atoms with Gasteiger partial charge in [-0.05, 0) is 12.5 Å². The maximum atomic E-state index is 12.0. The van der Waals surface area contributed by atoms with Gasteiger partial charge in [-0.25, -0.2) is 5.06 Å². The van der Waals surface area contributed by atoms with E-state index in [0.29, 0.717) is 0 Å². The number of aryl methyl sites for hydroxylation is 1. The summed E-state index contributed by atoms with van der Waals surface area (Å²) in [6, 6.07) is 7.58. The largest absolute Gasteiger partial charge is 0.303 e. The minimum Gasteiger partial charge on any atom is -0.303 e. The number of hydroxylamine groups is 2. The lowest BCUT2D eigenvalue weighted by molar-refractivity contribution is -0.170. The summed E-state index contributed by atoms with van der Waals surface area (Å²) in [5.74, 6) is -0.693. The number of hydrogen-bond acceptors (Lipinski definition) is 3. The molecule has 0 radical (unpaired) electrons. The Balaban J connectivity index is 2.96. The van der Waals surface area contributed by atoms with Crippen LogP contribution in [0.25, 0.3) is 0 Å². The Hall–Kier alpha value is -1.68. The van der Waals surface area contributed by atoms with E-state index in [4.69, 9.17) is 4.84 Å². The van der Waals surface area contributed by atoms with Gasteiger partial charge in [-0.3, -0.25) is 9.63 Å². The van der Waals surface area contributed by atoms with E-state index in [2.05, 4.69) is 0 Å². The third kappa shape index (κ3) is 3.39. The number of aldehydes is 1. The summed E-state index contributed by atoms with van der Waals surface area (Å²) in [4.78, 5) is 27.5. The van der Waals surface area contributed by atoms with Crippen molar-refractivity contribution in [1.82, 2.24) is 5.06 Å². The van der Waals surface area contributed by atoms with Crippen LogP contribution in [0.1, 0.15) is 23.5 Å². The maximum Gasteiger partial charge on any atom is 0.253 e. The molecule has 0 fully saturated rings. The first-order valence-electron chi connectivity index (χ1n) is 5.42. The summed E-state index contributed by atoms with van der Waals surface area (Å²) >= 11 is 0. The van der Waals surface area contributed by atoms with Crippen LogP contribution in [0.5, 0.6) is 0 Å². The van der Waals surface area contributed by atoms with Gasteiger partial charge in [-0.15, -0.1) is 0 Å². The standard InChI is InChI=1S/C13H17NO3/c1-10-4-6-11(7-5-10)12(8-9-15)13(16)14(2)17-3/h4-7,9,12H,8H2,1-3H3/t12-/m0/s1. The van der Waals surface area contributed by atoms with Crippen molar-refractivity contribution < 1.29 is 14.4 Å². The molecule has 0 saturated heterocycles. The molecule has 0 heterocycles. The van der Waals surface area contributed by atoms with Crippen molar-refractivity contribution in [2.45, 2.75) is 19.3 Å². The lowest BCUT2D eigenvalue weighted by Gasteiger charge is -2.20. The zero-order valence-corrected chi connectivity index (χ0v) is 10.3. The Kier molecular flexibility index (Phi) is 4.84. The first-order valence-corrected chi connectivity index (χ1v) is 5.42. The van der Waals surface area contributed by atoms with Gasteiger partial charge in [0.25, 0.3) is 5.91 Å². The Morgan fingerprint density at radius 2 is 2.00 bits per heavy atom. The molecule has 0 aliphatic heterocycles. The molecule has 1 aromatic rings. The van der Waals surface area contributed by atoms with E-state index in [0.717, 1.165) is 22.5 Å². The van der Waals surface area contributed by atoms with Gasteiger partial charge in [-0.1, -0.05) is 29.8 Å². The summed E-state index contributed by atoms with van der Waals surface area (Å²) in [6.45, 7) is 1.97. The van der Waals surface area contributed by atoms with Crippen LogP contribution in [0.3, 0.4) is 0 Å². The highest BCUT2D eigenvalue weighted by atomic mass is 16.7. The highest BCUT2D eigenvalue weighted by Crippen LogP contribution is 2.21. The minimum absolute atomic E-state index is 0.162. The predicted octanol–water partition coefficient (Wildman–Crippen LogP) is 1.69. The van der Waals surface area contributed by atoms with E-state index in [1.54, 1.807) is 0 Å². The van der Waals surface area contributed by atoms with Gasteiger partial charge in [0, 0.05) is 13.5 Å². The number of hydrogen-bond donors (Lipinski definition) is 0. The number of rotatable bonds is 5. The van der Waals surface area contributed by atoms with E-state index in [1.807, 2.05) is 31.2 Å². The summed E-state index contributed by atoms with van der Waals surface area (Å²) in [5.41, 5.74) is 1.95. The van der Waals surface area contributed by atoms with E-state index < -0.39 is 5.92 Å². The molecule has 0 aromatic heterocycles. The van der Waals surface area contributed by atoms with Crippen LogP contribution in [0, 0.1) is 6.92 Å². The SMILES string of the molecule is CON(C)C(=O)[C@@H](CC=O)c1ccc(C)cc1. The van der Waals surface area contributed by atoms with Crippen LogP contribution in [-0.4, -0.2) is 31.4 Å². The topological polar surface area (TPSA) is 46.6 Å². The van der Waals surface area contributed by atoms with Gasteiger partial charge in [0.1, 0.15) is 6.29 Å². The molecule has 1 atom stereocenters. The number of carbonyl (C=O) groups excluding carboxylic acids is 2. The molecule has 4 heteroatoms. The van der Waals surface area contributed by atoms with E-state index >= 15 is 0 Å². The number of benzene rings is 1. The zero-order chi connectivity index (χ0) is 12.8. The molecule has 1 aromatic carbocycles. The second kappa shape index (κ2) is 6.15. The third-order valence-electron chi connectivity index (χ3n) is 2.69. The molecule has 0 bridgehead atoms. The van der Waals surface area contributed by atoms with Crippen molar-refractivity contribution in [3.63, 3.8) is 0 Å². The van der Waals surface area contributed by atoms with Crippen LogP contribution < -0.4 is 0 Å². The van der Waals surface area contributed by atoms with Gasteiger partial charge in [0.2, 0.25) is 0 Å². The fourth-order valence-electron chi connectivity index (χ4n) is 1.58. The van der Waals surface area contributed by atoms with Crippen LogP contribution >= 0.6 is 0 Å². The lowest BCUT2D eigenvalue weighted by Crippen LogP contribution is -2.31. The van der Waals surface area contributed by atoms with Gasteiger partial charge in [-0.2, -0.15) is 0 Å². The summed E-state index contributed by atoms with van der Waals surface area (Å²) in [6.07, 6.45) is 0.918. The molecule has 0 saturated carbocycles. The van der Waals surface area contributed by atoms with Gasteiger partial charge in [0.05, 0.1) is 13.0 Å². The van der Waals surface area contributed by atoms with Crippen molar-refractivity contribution in [3.05, 3.63) is 35.4 Å². The van der Waals surface area contributed by atoms with Crippen LogP contribution in [0.4, 0.5) is 0 Å². The van der Waals surface area contributed by atoms with Crippen molar-refractivity contribution in [2.24, 2.45) is 0 Å². The average molecular weight is 235 g/mol. The normalized spacial score (nSPS) is 11.9. The molecule has 0 aliphatic rings. The average Bonchev–Trinajstić information content (AvgIpc) is 2.35. The van der Waals surface area contributed by atoms with Crippen molar-refractivity contribution in [3.8, 4) is 0 Å². The second-order valence-electron chi connectivity index (χ2n) is 3.88. The minimum atomic E-state index is -0.474. The molecule has 4 nitrogen and oxygen atoms in total. The molecular weight excluding hydrogens is 218 g/mol. The number of carbonyl (C=O) groups is 2. The van der Waals surface area contributed by atoms with E-state index in [-0.39, 0.29) is 12.3 Å². The highest BCUT2D eigenvalue weighted by molar-refractivity contribution is 5.85. The first-order chi connectivity index (χ1) is 8.10. The van der Waals surface area contributed by atoms with Crippen LogP contribution in [0.15, 0.2) is 24.3 Å². The molecule has 0 aliphatic carbocycles. The lowest BCUT2D eigenvalue weighted by atomic mass is 9.94. The Bertz CT molecular complexity index is 386. The van der Waals surface area contributed by atoms with Crippen molar-refractivity contribution in [2.75, 3.05) is 14.2 Å². The Morgan fingerprint density at radius 3 is 2.47 bits per heavy atom. The molecule has 17 heavy (non-hydrogen) atoms. The second-order valence-corrected chi connectivity index (χ2v) is 3.88. The molecule has 1 rings (SSSR count). The number of nitrogens with zero attached hydrogens (tertiary/aromatic N) is 1. The zero-order valence-electron chi connectivity index (χ0n) is 10.3. The monoisotopic (exact) mass is 235 g/mol. The fourth-order valence-corrected chi connectivity index (χ4v) is 1.58. The van der Waals surface area contributed by atoms with E-state index in [9.17, 15) is 9.59 Å². The summed E-state index contributed by atoms with van der Waals surface area (Å²) in [5, 5.41) is 1.15. The molecule has 0 spiro atoms. The Labute approximate surface area is 101 Å². The molecule has 1 amide bonds. The number of amides is 1.